The lowest BCUT2D eigenvalue weighted by Gasteiger charge is -2.11. The zero-order valence-corrected chi connectivity index (χ0v) is 11.3. The quantitative estimate of drug-likeness (QED) is 0.601. The fraction of sp³-hybridized carbons (Fsp3) is 0.0833. The topological polar surface area (TPSA) is 63.0 Å². The van der Waals surface area contributed by atoms with Gasteiger partial charge < -0.3 is 10.7 Å². The Morgan fingerprint density at radius 1 is 1.33 bits per heavy atom. The Morgan fingerprint density at radius 3 is 2.83 bits per heavy atom. The molecule has 4 nitrogen and oxygen atoms in total. The van der Waals surface area contributed by atoms with Crippen LogP contribution in [0.3, 0.4) is 0 Å². The first-order valence-electron chi connectivity index (χ1n) is 5.25. The SMILES string of the molecule is Cc1cc(Br)c(F)cc1Nc1ccnc(NN)c1. The molecule has 2 rings (SSSR count). The van der Waals surface area contributed by atoms with Crippen molar-refractivity contribution in [3.05, 3.63) is 46.3 Å². The van der Waals surface area contributed by atoms with Crippen molar-refractivity contribution in [1.29, 1.82) is 0 Å². The number of hydrogen-bond acceptors (Lipinski definition) is 4. The molecular formula is C12H12BrFN4. The molecule has 0 radical (unpaired) electrons. The van der Waals surface area contributed by atoms with Crippen molar-refractivity contribution in [3.8, 4) is 0 Å². The number of halogens is 2. The van der Waals surface area contributed by atoms with Crippen LogP contribution in [0.15, 0.2) is 34.9 Å². The van der Waals surface area contributed by atoms with Gasteiger partial charge in [0, 0.05) is 23.6 Å². The maximum Gasteiger partial charge on any atom is 0.141 e. The molecule has 1 aromatic heterocycles. The minimum Gasteiger partial charge on any atom is -0.355 e. The van der Waals surface area contributed by atoms with Gasteiger partial charge in [-0.25, -0.2) is 15.2 Å². The van der Waals surface area contributed by atoms with Crippen molar-refractivity contribution in [2.75, 3.05) is 10.7 Å². The highest BCUT2D eigenvalue weighted by atomic mass is 79.9. The Hall–Kier alpha value is -1.66. The molecule has 0 unspecified atom stereocenters. The molecule has 1 heterocycles. The summed E-state index contributed by atoms with van der Waals surface area (Å²) >= 11 is 3.15. The van der Waals surface area contributed by atoms with E-state index in [2.05, 4.69) is 31.7 Å². The van der Waals surface area contributed by atoms with Gasteiger partial charge in [-0.1, -0.05) is 0 Å². The van der Waals surface area contributed by atoms with E-state index >= 15 is 0 Å². The van der Waals surface area contributed by atoms with Crippen molar-refractivity contribution in [2.45, 2.75) is 6.92 Å². The van der Waals surface area contributed by atoms with E-state index in [9.17, 15) is 4.39 Å². The predicted octanol–water partition coefficient (Wildman–Crippen LogP) is 3.32. The summed E-state index contributed by atoms with van der Waals surface area (Å²) in [6.45, 7) is 1.90. The lowest BCUT2D eigenvalue weighted by Crippen LogP contribution is -2.08. The first-order valence-corrected chi connectivity index (χ1v) is 6.05. The molecule has 18 heavy (non-hydrogen) atoms. The minimum absolute atomic E-state index is 0.311. The highest BCUT2D eigenvalue weighted by Crippen LogP contribution is 2.26. The molecule has 0 saturated heterocycles. The Balaban J connectivity index is 2.30. The summed E-state index contributed by atoms with van der Waals surface area (Å²) < 4.78 is 13.9. The second-order valence-corrected chi connectivity index (χ2v) is 4.63. The molecule has 4 N–H and O–H groups in total. The highest BCUT2D eigenvalue weighted by molar-refractivity contribution is 9.10. The van der Waals surface area contributed by atoms with E-state index in [0.29, 0.717) is 16.0 Å². The van der Waals surface area contributed by atoms with E-state index in [1.165, 1.54) is 6.07 Å². The van der Waals surface area contributed by atoms with Gasteiger partial charge in [0.2, 0.25) is 0 Å². The monoisotopic (exact) mass is 310 g/mol. The molecule has 0 amide bonds. The average Bonchev–Trinajstić information content (AvgIpc) is 2.36. The van der Waals surface area contributed by atoms with Crippen LogP contribution in [0.1, 0.15) is 5.56 Å². The molecule has 0 fully saturated rings. The predicted molar refractivity (Wildman–Crippen MR) is 74.2 cm³/mol. The van der Waals surface area contributed by atoms with Gasteiger partial charge in [-0.15, -0.1) is 0 Å². The Kier molecular flexibility index (Phi) is 3.78. The summed E-state index contributed by atoms with van der Waals surface area (Å²) in [5, 5.41) is 3.12. The lowest BCUT2D eigenvalue weighted by molar-refractivity contribution is 0.621. The number of pyridine rings is 1. The number of benzene rings is 1. The van der Waals surface area contributed by atoms with E-state index in [4.69, 9.17) is 5.84 Å². The maximum absolute atomic E-state index is 13.5. The second-order valence-electron chi connectivity index (χ2n) is 3.78. The Bertz CT molecular complexity index is 574. The van der Waals surface area contributed by atoms with Crippen molar-refractivity contribution in [2.24, 2.45) is 5.84 Å². The summed E-state index contributed by atoms with van der Waals surface area (Å²) in [4.78, 5) is 4.00. The largest absolute Gasteiger partial charge is 0.355 e. The van der Waals surface area contributed by atoms with Crippen LogP contribution in [0.4, 0.5) is 21.6 Å². The van der Waals surface area contributed by atoms with E-state index in [1.54, 1.807) is 24.4 Å². The van der Waals surface area contributed by atoms with Gasteiger partial charge in [0.1, 0.15) is 11.6 Å². The molecule has 1 aromatic carbocycles. The van der Waals surface area contributed by atoms with E-state index in [0.717, 1.165) is 11.3 Å². The van der Waals surface area contributed by atoms with Crippen LogP contribution in [0.25, 0.3) is 0 Å². The summed E-state index contributed by atoms with van der Waals surface area (Å²) in [7, 11) is 0. The first-order chi connectivity index (χ1) is 8.60. The van der Waals surface area contributed by atoms with Crippen LogP contribution in [0.2, 0.25) is 0 Å². The van der Waals surface area contributed by atoms with Gasteiger partial charge in [0.25, 0.3) is 0 Å². The number of rotatable bonds is 3. The molecule has 0 spiro atoms. The third-order valence-corrected chi connectivity index (χ3v) is 3.06. The number of nitrogens with one attached hydrogen (secondary N) is 2. The summed E-state index contributed by atoms with van der Waals surface area (Å²) in [5.74, 6) is 5.51. The summed E-state index contributed by atoms with van der Waals surface area (Å²) in [6.07, 6.45) is 1.61. The zero-order chi connectivity index (χ0) is 13.1. The maximum atomic E-state index is 13.5. The average molecular weight is 311 g/mol. The molecule has 0 aliphatic heterocycles. The van der Waals surface area contributed by atoms with Crippen molar-refractivity contribution < 1.29 is 4.39 Å². The molecule has 0 saturated carbocycles. The van der Waals surface area contributed by atoms with Gasteiger partial charge in [-0.2, -0.15) is 0 Å². The van der Waals surface area contributed by atoms with Gasteiger partial charge in [-0.3, -0.25) is 0 Å². The van der Waals surface area contributed by atoms with Crippen molar-refractivity contribution in [3.63, 3.8) is 0 Å². The fourth-order valence-electron chi connectivity index (χ4n) is 1.52. The van der Waals surface area contributed by atoms with E-state index in [1.807, 2.05) is 6.92 Å². The lowest BCUT2D eigenvalue weighted by atomic mass is 10.2. The van der Waals surface area contributed by atoms with Gasteiger partial charge in [0.15, 0.2) is 0 Å². The molecule has 94 valence electrons. The van der Waals surface area contributed by atoms with Crippen LogP contribution in [0, 0.1) is 12.7 Å². The number of nitrogens with zero attached hydrogens (tertiary/aromatic N) is 1. The number of anilines is 3. The minimum atomic E-state index is -0.311. The Labute approximate surface area is 113 Å². The standard InChI is InChI=1S/C12H12BrFN4/c1-7-4-9(13)10(14)6-11(7)17-8-2-3-16-12(5-8)18-15/h2-6H,15H2,1H3,(H2,16,17,18). The Morgan fingerprint density at radius 2 is 2.11 bits per heavy atom. The number of hydrogen-bond donors (Lipinski definition) is 3. The van der Waals surface area contributed by atoms with Crippen LogP contribution in [-0.4, -0.2) is 4.98 Å². The van der Waals surface area contributed by atoms with Gasteiger partial charge >= 0.3 is 0 Å². The van der Waals surface area contributed by atoms with Crippen LogP contribution in [0.5, 0.6) is 0 Å². The van der Waals surface area contributed by atoms with Crippen LogP contribution >= 0.6 is 15.9 Å². The number of aromatic nitrogens is 1. The molecule has 0 bridgehead atoms. The number of aryl methyl sites for hydroxylation is 1. The summed E-state index contributed by atoms with van der Waals surface area (Å²) in [5.41, 5.74) is 4.87. The number of nitrogens with two attached hydrogens (primary N) is 1. The molecule has 0 aliphatic rings. The van der Waals surface area contributed by atoms with Gasteiger partial charge in [0.05, 0.1) is 4.47 Å². The number of hydrazine groups is 1. The van der Waals surface area contributed by atoms with Crippen LogP contribution in [-0.2, 0) is 0 Å². The van der Waals surface area contributed by atoms with Crippen molar-refractivity contribution >= 4 is 33.1 Å². The number of nitrogen functional groups attached to an aromatic ring is 1. The highest BCUT2D eigenvalue weighted by Gasteiger charge is 2.06. The molecular weight excluding hydrogens is 299 g/mol. The fourth-order valence-corrected chi connectivity index (χ4v) is 1.98. The molecule has 2 aromatic rings. The van der Waals surface area contributed by atoms with Gasteiger partial charge in [-0.05, 0) is 46.6 Å². The zero-order valence-electron chi connectivity index (χ0n) is 9.67. The third-order valence-electron chi connectivity index (χ3n) is 2.45. The smallest absolute Gasteiger partial charge is 0.141 e. The molecule has 0 aliphatic carbocycles. The van der Waals surface area contributed by atoms with E-state index in [-0.39, 0.29) is 5.82 Å². The van der Waals surface area contributed by atoms with Crippen LogP contribution < -0.4 is 16.6 Å². The summed E-state index contributed by atoms with van der Waals surface area (Å²) in [6, 6.07) is 6.68. The third kappa shape index (κ3) is 2.77. The molecule has 6 heteroatoms. The molecule has 0 atom stereocenters. The van der Waals surface area contributed by atoms with Crippen molar-refractivity contribution in [1.82, 2.24) is 4.98 Å². The van der Waals surface area contributed by atoms with E-state index < -0.39 is 0 Å². The first kappa shape index (κ1) is 12.8. The second kappa shape index (κ2) is 5.32. The normalized spacial score (nSPS) is 10.2.